The van der Waals surface area contributed by atoms with Crippen LogP contribution in [0, 0.1) is 11.8 Å². The van der Waals surface area contributed by atoms with Crippen molar-refractivity contribution < 1.29 is 0 Å². The highest BCUT2D eigenvalue weighted by Gasteiger charge is 2.29. The molecular weight excluding hydrogens is 258 g/mol. The average Bonchev–Trinajstić information content (AvgIpc) is 2.96. The summed E-state index contributed by atoms with van der Waals surface area (Å²) in [7, 11) is 0. The molecule has 118 valence electrons. The Morgan fingerprint density at radius 1 is 1.05 bits per heavy atom. The quantitative estimate of drug-likeness (QED) is 0.844. The summed E-state index contributed by atoms with van der Waals surface area (Å²) in [6, 6.07) is 1.29. The molecule has 2 fully saturated rings. The van der Waals surface area contributed by atoms with Crippen molar-refractivity contribution in [1.82, 2.24) is 9.55 Å². The van der Waals surface area contributed by atoms with Gasteiger partial charge in [-0.15, -0.1) is 0 Å². The predicted octanol–water partition coefficient (Wildman–Crippen LogP) is 5.02. The third kappa shape index (κ3) is 3.44. The molecule has 2 unspecified atom stereocenters. The van der Waals surface area contributed by atoms with Crippen LogP contribution in [0.15, 0.2) is 12.4 Å². The minimum Gasteiger partial charge on any atom is -0.353 e. The zero-order valence-corrected chi connectivity index (χ0v) is 13.7. The second-order valence-electron chi connectivity index (χ2n) is 7.39. The minimum atomic E-state index is 0.614. The Labute approximate surface area is 129 Å². The molecular formula is C18H31N3. The Morgan fingerprint density at radius 2 is 1.76 bits per heavy atom. The Balaban J connectivity index is 1.70. The van der Waals surface area contributed by atoms with E-state index in [1.807, 2.05) is 6.20 Å². The first-order valence-electron chi connectivity index (χ1n) is 9.05. The topological polar surface area (TPSA) is 29.9 Å². The number of hydrogen-bond donors (Lipinski definition) is 1. The SMILES string of the molecule is CC(C)C1CCCCC1Nc1nccn1C1CCCCC1. The number of imidazole rings is 1. The van der Waals surface area contributed by atoms with Crippen molar-refractivity contribution >= 4 is 5.95 Å². The molecule has 0 spiro atoms. The van der Waals surface area contributed by atoms with Crippen LogP contribution in [0.25, 0.3) is 0 Å². The summed E-state index contributed by atoms with van der Waals surface area (Å²) in [5, 5.41) is 3.81. The number of hydrogen-bond acceptors (Lipinski definition) is 2. The van der Waals surface area contributed by atoms with Gasteiger partial charge in [-0.3, -0.25) is 0 Å². The molecule has 0 aromatic carbocycles. The van der Waals surface area contributed by atoms with Crippen LogP contribution in [0.5, 0.6) is 0 Å². The van der Waals surface area contributed by atoms with Gasteiger partial charge in [0.25, 0.3) is 0 Å². The molecule has 1 aromatic heterocycles. The molecule has 3 rings (SSSR count). The maximum Gasteiger partial charge on any atom is 0.203 e. The summed E-state index contributed by atoms with van der Waals surface area (Å²) in [5.41, 5.74) is 0. The fraction of sp³-hybridized carbons (Fsp3) is 0.833. The number of nitrogens with one attached hydrogen (secondary N) is 1. The van der Waals surface area contributed by atoms with Crippen molar-refractivity contribution in [3.63, 3.8) is 0 Å². The van der Waals surface area contributed by atoms with Crippen molar-refractivity contribution in [1.29, 1.82) is 0 Å². The summed E-state index contributed by atoms with van der Waals surface area (Å²) in [6.07, 6.45) is 16.4. The maximum atomic E-state index is 4.63. The molecule has 0 saturated heterocycles. The first-order chi connectivity index (χ1) is 10.3. The standard InChI is InChI=1S/C18H31N3/c1-14(2)16-10-6-7-11-17(16)20-18-19-12-13-21(18)15-8-4-3-5-9-15/h12-17H,3-11H2,1-2H3,(H,19,20). The van der Waals surface area contributed by atoms with Gasteiger partial charge in [-0.05, 0) is 37.5 Å². The van der Waals surface area contributed by atoms with E-state index in [2.05, 4.69) is 34.9 Å². The van der Waals surface area contributed by atoms with E-state index in [1.165, 1.54) is 57.8 Å². The van der Waals surface area contributed by atoms with Crippen LogP contribution in [0.4, 0.5) is 5.95 Å². The fourth-order valence-electron chi connectivity index (χ4n) is 4.38. The first kappa shape index (κ1) is 14.9. The monoisotopic (exact) mass is 289 g/mol. The third-order valence-electron chi connectivity index (χ3n) is 5.63. The van der Waals surface area contributed by atoms with Crippen LogP contribution in [0.2, 0.25) is 0 Å². The van der Waals surface area contributed by atoms with Gasteiger partial charge < -0.3 is 9.88 Å². The van der Waals surface area contributed by atoms with Crippen molar-refractivity contribution in [2.24, 2.45) is 11.8 Å². The van der Waals surface area contributed by atoms with Gasteiger partial charge in [0.2, 0.25) is 5.95 Å². The Bertz CT molecular complexity index is 431. The lowest BCUT2D eigenvalue weighted by molar-refractivity contribution is 0.251. The van der Waals surface area contributed by atoms with E-state index in [4.69, 9.17) is 0 Å². The number of rotatable bonds is 4. The molecule has 3 heteroatoms. The van der Waals surface area contributed by atoms with E-state index in [0.29, 0.717) is 12.1 Å². The highest BCUT2D eigenvalue weighted by Crippen LogP contribution is 2.34. The number of anilines is 1. The summed E-state index contributed by atoms with van der Waals surface area (Å²) in [6.45, 7) is 4.75. The normalized spacial score (nSPS) is 28.0. The van der Waals surface area contributed by atoms with Gasteiger partial charge >= 0.3 is 0 Å². The molecule has 1 heterocycles. The van der Waals surface area contributed by atoms with Gasteiger partial charge in [-0.2, -0.15) is 0 Å². The van der Waals surface area contributed by atoms with E-state index in [-0.39, 0.29) is 0 Å². The van der Waals surface area contributed by atoms with Crippen LogP contribution < -0.4 is 5.32 Å². The lowest BCUT2D eigenvalue weighted by atomic mass is 9.78. The largest absolute Gasteiger partial charge is 0.353 e. The van der Waals surface area contributed by atoms with Gasteiger partial charge in [0.1, 0.15) is 0 Å². The zero-order valence-electron chi connectivity index (χ0n) is 13.7. The number of nitrogens with zero attached hydrogens (tertiary/aromatic N) is 2. The van der Waals surface area contributed by atoms with Gasteiger partial charge in [-0.1, -0.05) is 46.0 Å². The van der Waals surface area contributed by atoms with Gasteiger partial charge in [-0.25, -0.2) is 4.98 Å². The Kier molecular flexibility index (Phi) is 4.87. The molecule has 0 bridgehead atoms. The molecule has 2 saturated carbocycles. The lowest BCUT2D eigenvalue weighted by Crippen LogP contribution is -2.36. The van der Waals surface area contributed by atoms with E-state index in [1.54, 1.807) is 0 Å². The van der Waals surface area contributed by atoms with Crippen LogP contribution in [-0.2, 0) is 0 Å². The maximum absolute atomic E-state index is 4.63. The molecule has 1 aromatic rings. The van der Waals surface area contributed by atoms with Crippen LogP contribution >= 0.6 is 0 Å². The third-order valence-corrected chi connectivity index (χ3v) is 5.63. The van der Waals surface area contributed by atoms with E-state index in [0.717, 1.165) is 17.8 Å². The average molecular weight is 289 g/mol. The summed E-state index contributed by atoms with van der Waals surface area (Å²) < 4.78 is 2.42. The Hall–Kier alpha value is -0.990. The second kappa shape index (κ2) is 6.85. The predicted molar refractivity (Wildman–Crippen MR) is 88.6 cm³/mol. The number of aromatic nitrogens is 2. The van der Waals surface area contributed by atoms with Crippen molar-refractivity contribution in [3.8, 4) is 0 Å². The molecule has 2 aliphatic carbocycles. The molecule has 0 aliphatic heterocycles. The lowest BCUT2D eigenvalue weighted by Gasteiger charge is -2.36. The Morgan fingerprint density at radius 3 is 2.52 bits per heavy atom. The smallest absolute Gasteiger partial charge is 0.203 e. The van der Waals surface area contributed by atoms with Gasteiger partial charge in [0.05, 0.1) is 0 Å². The highest BCUT2D eigenvalue weighted by molar-refractivity contribution is 5.29. The molecule has 0 amide bonds. The van der Waals surface area contributed by atoms with E-state index >= 15 is 0 Å². The molecule has 3 nitrogen and oxygen atoms in total. The van der Waals surface area contributed by atoms with Crippen molar-refractivity contribution in [3.05, 3.63) is 12.4 Å². The summed E-state index contributed by atoms with van der Waals surface area (Å²) >= 11 is 0. The second-order valence-corrected chi connectivity index (χ2v) is 7.39. The molecule has 21 heavy (non-hydrogen) atoms. The van der Waals surface area contributed by atoms with Crippen molar-refractivity contribution in [2.45, 2.75) is 83.7 Å². The highest BCUT2D eigenvalue weighted by atomic mass is 15.2. The summed E-state index contributed by atoms with van der Waals surface area (Å²) in [5.74, 6) is 2.69. The minimum absolute atomic E-state index is 0.614. The van der Waals surface area contributed by atoms with Crippen LogP contribution in [0.3, 0.4) is 0 Å². The van der Waals surface area contributed by atoms with E-state index in [9.17, 15) is 0 Å². The molecule has 2 aliphatic rings. The fourth-order valence-corrected chi connectivity index (χ4v) is 4.38. The van der Waals surface area contributed by atoms with E-state index < -0.39 is 0 Å². The van der Waals surface area contributed by atoms with Crippen LogP contribution in [-0.4, -0.2) is 15.6 Å². The molecule has 1 N–H and O–H groups in total. The molecule has 2 atom stereocenters. The first-order valence-corrected chi connectivity index (χ1v) is 9.05. The van der Waals surface area contributed by atoms with Crippen molar-refractivity contribution in [2.75, 3.05) is 5.32 Å². The van der Waals surface area contributed by atoms with Gasteiger partial charge in [0, 0.05) is 24.5 Å². The van der Waals surface area contributed by atoms with Crippen LogP contribution in [0.1, 0.15) is 77.7 Å². The zero-order chi connectivity index (χ0) is 14.7. The van der Waals surface area contributed by atoms with Gasteiger partial charge in [0.15, 0.2) is 0 Å². The summed E-state index contributed by atoms with van der Waals surface area (Å²) in [4.78, 5) is 4.63. The molecule has 0 radical (unpaired) electrons.